The Morgan fingerprint density at radius 2 is 1.81 bits per heavy atom. The minimum Gasteiger partial charge on any atom is -0.271 e. The molecule has 1 aromatic rings. The smallest absolute Gasteiger partial charge is 0.123 e. The molecule has 90 valence electrons. The predicted octanol–water partition coefficient (Wildman–Crippen LogP) is 3.16. The van der Waals surface area contributed by atoms with E-state index in [1.165, 1.54) is 18.6 Å². The van der Waals surface area contributed by atoms with Crippen LogP contribution in [0.15, 0.2) is 24.3 Å². The monoisotopic (exact) mass is 224 g/mol. The first-order valence-corrected chi connectivity index (χ1v) is 5.85. The van der Waals surface area contributed by atoms with Gasteiger partial charge in [0.2, 0.25) is 0 Å². The lowest BCUT2D eigenvalue weighted by atomic mass is 9.98. The number of halogens is 1. The molecule has 0 heterocycles. The van der Waals surface area contributed by atoms with E-state index in [1.54, 1.807) is 12.1 Å². The Labute approximate surface area is 97.0 Å². The molecule has 0 saturated heterocycles. The molecule has 0 aliphatic carbocycles. The first kappa shape index (κ1) is 13.1. The number of hydrogen-bond donors (Lipinski definition) is 2. The molecule has 0 aromatic heterocycles. The third-order valence-electron chi connectivity index (χ3n) is 2.75. The van der Waals surface area contributed by atoms with Gasteiger partial charge in [-0.05, 0) is 30.0 Å². The third kappa shape index (κ3) is 4.29. The summed E-state index contributed by atoms with van der Waals surface area (Å²) >= 11 is 0. The highest BCUT2D eigenvalue weighted by atomic mass is 19.1. The van der Waals surface area contributed by atoms with E-state index in [0.717, 1.165) is 18.4 Å². The summed E-state index contributed by atoms with van der Waals surface area (Å²) in [4.78, 5) is 0. The molecular weight excluding hydrogens is 203 g/mol. The minimum atomic E-state index is -0.207. The molecule has 3 heteroatoms. The molecule has 0 aliphatic rings. The summed E-state index contributed by atoms with van der Waals surface area (Å²) in [5, 5.41) is 0. The molecule has 1 aromatic carbocycles. The topological polar surface area (TPSA) is 38.0 Å². The van der Waals surface area contributed by atoms with Crippen LogP contribution in [0, 0.1) is 11.7 Å². The van der Waals surface area contributed by atoms with Gasteiger partial charge in [-0.3, -0.25) is 11.3 Å². The van der Waals surface area contributed by atoms with E-state index in [2.05, 4.69) is 19.3 Å². The predicted molar refractivity (Wildman–Crippen MR) is 65.2 cm³/mol. The normalized spacial score (nSPS) is 13.1. The van der Waals surface area contributed by atoms with Crippen LogP contribution in [0.4, 0.5) is 4.39 Å². The second kappa shape index (κ2) is 6.61. The average molecular weight is 224 g/mol. The van der Waals surface area contributed by atoms with E-state index >= 15 is 0 Å². The summed E-state index contributed by atoms with van der Waals surface area (Å²) in [5.74, 6) is 6.02. The molecule has 0 aliphatic heterocycles. The van der Waals surface area contributed by atoms with E-state index in [0.29, 0.717) is 5.92 Å². The van der Waals surface area contributed by atoms with Crippen LogP contribution in [0.2, 0.25) is 0 Å². The number of nitrogens with two attached hydrogens (primary N) is 1. The van der Waals surface area contributed by atoms with E-state index in [1.807, 2.05) is 0 Å². The van der Waals surface area contributed by atoms with Crippen molar-refractivity contribution < 1.29 is 4.39 Å². The van der Waals surface area contributed by atoms with Gasteiger partial charge in [0.15, 0.2) is 0 Å². The number of hydrazine groups is 1. The zero-order chi connectivity index (χ0) is 12.0. The zero-order valence-electron chi connectivity index (χ0n) is 10.0. The van der Waals surface area contributed by atoms with Crippen molar-refractivity contribution in [3.05, 3.63) is 35.6 Å². The summed E-state index contributed by atoms with van der Waals surface area (Å²) in [5.41, 5.74) is 3.84. The quantitative estimate of drug-likeness (QED) is 0.575. The Morgan fingerprint density at radius 1 is 1.19 bits per heavy atom. The Bertz CT molecular complexity index is 295. The standard InChI is InChI=1S/C13H21FN2/c1-10(2)4-3-5-13(16-15)11-6-8-12(14)9-7-11/h6-10,13,16H,3-5,15H2,1-2H3. The van der Waals surface area contributed by atoms with E-state index in [4.69, 9.17) is 5.84 Å². The van der Waals surface area contributed by atoms with Gasteiger partial charge >= 0.3 is 0 Å². The van der Waals surface area contributed by atoms with Crippen LogP contribution in [-0.2, 0) is 0 Å². The van der Waals surface area contributed by atoms with Crippen molar-refractivity contribution >= 4 is 0 Å². The van der Waals surface area contributed by atoms with E-state index in [-0.39, 0.29) is 11.9 Å². The highest BCUT2D eigenvalue weighted by molar-refractivity contribution is 5.19. The molecule has 1 atom stereocenters. The molecule has 0 fully saturated rings. The molecule has 1 rings (SSSR count). The van der Waals surface area contributed by atoms with Crippen LogP contribution in [0.1, 0.15) is 44.7 Å². The highest BCUT2D eigenvalue weighted by Gasteiger charge is 2.09. The lowest BCUT2D eigenvalue weighted by Gasteiger charge is -2.16. The molecule has 0 spiro atoms. The maximum atomic E-state index is 12.8. The number of hydrogen-bond acceptors (Lipinski definition) is 2. The Morgan fingerprint density at radius 3 is 2.31 bits per heavy atom. The average Bonchev–Trinajstić information content (AvgIpc) is 2.26. The van der Waals surface area contributed by atoms with Crippen molar-refractivity contribution in [2.45, 2.75) is 39.2 Å². The fourth-order valence-electron chi connectivity index (χ4n) is 1.77. The van der Waals surface area contributed by atoms with Gasteiger partial charge in [-0.15, -0.1) is 0 Å². The summed E-state index contributed by atoms with van der Waals surface area (Å²) < 4.78 is 12.8. The van der Waals surface area contributed by atoms with Crippen LogP contribution in [0.25, 0.3) is 0 Å². The van der Waals surface area contributed by atoms with E-state index < -0.39 is 0 Å². The maximum Gasteiger partial charge on any atom is 0.123 e. The lowest BCUT2D eigenvalue weighted by Crippen LogP contribution is -2.28. The van der Waals surface area contributed by atoms with Crippen LogP contribution in [0.5, 0.6) is 0 Å². The first-order valence-electron chi connectivity index (χ1n) is 5.85. The molecule has 0 amide bonds. The molecule has 1 unspecified atom stereocenters. The van der Waals surface area contributed by atoms with Gasteiger partial charge in [-0.25, -0.2) is 4.39 Å². The van der Waals surface area contributed by atoms with Gasteiger partial charge in [0.1, 0.15) is 5.82 Å². The van der Waals surface area contributed by atoms with Crippen LogP contribution >= 0.6 is 0 Å². The molecular formula is C13H21FN2. The molecule has 0 saturated carbocycles. The minimum absolute atomic E-state index is 0.124. The third-order valence-corrected chi connectivity index (χ3v) is 2.75. The summed E-state index contributed by atoms with van der Waals surface area (Å²) in [6.07, 6.45) is 3.31. The maximum absolute atomic E-state index is 12.8. The summed E-state index contributed by atoms with van der Waals surface area (Å²) in [6, 6.07) is 6.65. The second-order valence-corrected chi connectivity index (χ2v) is 4.60. The van der Waals surface area contributed by atoms with Gasteiger partial charge < -0.3 is 0 Å². The van der Waals surface area contributed by atoms with Gasteiger partial charge in [0.25, 0.3) is 0 Å². The van der Waals surface area contributed by atoms with E-state index in [9.17, 15) is 4.39 Å². The molecule has 2 nitrogen and oxygen atoms in total. The van der Waals surface area contributed by atoms with Crippen molar-refractivity contribution in [2.24, 2.45) is 11.8 Å². The van der Waals surface area contributed by atoms with Gasteiger partial charge in [-0.1, -0.05) is 38.8 Å². The summed E-state index contributed by atoms with van der Waals surface area (Å²) in [7, 11) is 0. The Hall–Kier alpha value is -0.930. The van der Waals surface area contributed by atoms with Crippen LogP contribution < -0.4 is 11.3 Å². The lowest BCUT2D eigenvalue weighted by molar-refractivity contribution is 0.454. The van der Waals surface area contributed by atoms with Crippen molar-refractivity contribution in [1.82, 2.24) is 5.43 Å². The van der Waals surface area contributed by atoms with Crippen LogP contribution in [-0.4, -0.2) is 0 Å². The molecule has 3 N–H and O–H groups in total. The van der Waals surface area contributed by atoms with Crippen molar-refractivity contribution in [1.29, 1.82) is 0 Å². The SMILES string of the molecule is CC(C)CCCC(NN)c1ccc(F)cc1. The zero-order valence-corrected chi connectivity index (χ0v) is 10.0. The Balaban J connectivity index is 2.50. The van der Waals surface area contributed by atoms with Gasteiger partial charge in [0.05, 0.1) is 0 Å². The highest BCUT2D eigenvalue weighted by Crippen LogP contribution is 2.20. The van der Waals surface area contributed by atoms with Gasteiger partial charge in [0, 0.05) is 6.04 Å². The summed E-state index contributed by atoms with van der Waals surface area (Å²) in [6.45, 7) is 4.42. The molecule has 0 radical (unpaired) electrons. The number of benzene rings is 1. The molecule has 16 heavy (non-hydrogen) atoms. The fraction of sp³-hybridized carbons (Fsp3) is 0.538. The largest absolute Gasteiger partial charge is 0.271 e. The first-order chi connectivity index (χ1) is 7.63. The van der Waals surface area contributed by atoms with Crippen LogP contribution in [0.3, 0.4) is 0 Å². The molecule has 0 bridgehead atoms. The number of nitrogens with one attached hydrogen (secondary N) is 1. The van der Waals surface area contributed by atoms with Gasteiger partial charge in [-0.2, -0.15) is 0 Å². The second-order valence-electron chi connectivity index (χ2n) is 4.60. The van der Waals surface area contributed by atoms with Crippen molar-refractivity contribution in [3.8, 4) is 0 Å². The van der Waals surface area contributed by atoms with Crippen molar-refractivity contribution in [3.63, 3.8) is 0 Å². The fourth-order valence-corrected chi connectivity index (χ4v) is 1.77. The number of rotatable bonds is 6. The Kier molecular flexibility index (Phi) is 5.43. The van der Waals surface area contributed by atoms with Crippen molar-refractivity contribution in [2.75, 3.05) is 0 Å².